The highest BCUT2D eigenvalue weighted by Gasteiger charge is 2.35. The number of ether oxygens (including phenoxy) is 1. The second-order valence-corrected chi connectivity index (χ2v) is 7.08. The van der Waals surface area contributed by atoms with Crippen molar-refractivity contribution in [3.8, 4) is 0 Å². The van der Waals surface area contributed by atoms with E-state index in [9.17, 15) is 18.0 Å². The predicted molar refractivity (Wildman–Crippen MR) is 94.4 cm³/mol. The van der Waals surface area contributed by atoms with E-state index >= 15 is 0 Å². The van der Waals surface area contributed by atoms with E-state index in [4.69, 9.17) is 20.8 Å². The van der Waals surface area contributed by atoms with Gasteiger partial charge < -0.3 is 14.1 Å². The molecule has 1 saturated heterocycles. The molecule has 10 heteroatoms. The van der Waals surface area contributed by atoms with Gasteiger partial charge in [-0.05, 0) is 13.0 Å². The van der Waals surface area contributed by atoms with Crippen molar-refractivity contribution in [2.24, 2.45) is 0 Å². The molecule has 0 saturated carbocycles. The van der Waals surface area contributed by atoms with E-state index in [1.807, 2.05) is 4.90 Å². The first-order valence-electron chi connectivity index (χ1n) is 8.73. The normalized spacial score (nSPS) is 15.7. The Balaban J connectivity index is 1.61. The number of aryl methyl sites for hydroxylation is 1. The molecule has 3 heterocycles. The van der Waals surface area contributed by atoms with Crippen LogP contribution >= 0.6 is 11.6 Å². The number of rotatable bonds is 4. The van der Waals surface area contributed by atoms with Gasteiger partial charge in [0, 0.05) is 6.07 Å². The highest BCUT2D eigenvalue weighted by molar-refractivity contribution is 6.32. The quantitative estimate of drug-likeness (QED) is 0.767. The van der Waals surface area contributed by atoms with Crippen LogP contribution in [0, 0.1) is 6.92 Å². The largest absolute Gasteiger partial charge is 0.465 e. The molecule has 0 aliphatic carbocycles. The minimum atomic E-state index is -4.44. The number of hydrogen-bond acceptors (Lipinski definition) is 4. The zero-order valence-corrected chi connectivity index (χ0v) is 16.2. The number of anilines is 1. The summed E-state index contributed by atoms with van der Waals surface area (Å²) in [5.41, 5.74) is -0.387. The van der Waals surface area contributed by atoms with E-state index in [2.05, 4.69) is 4.98 Å². The van der Waals surface area contributed by atoms with E-state index < -0.39 is 17.7 Å². The summed E-state index contributed by atoms with van der Waals surface area (Å²) < 4.78 is 48.7. The van der Waals surface area contributed by atoms with Gasteiger partial charge in [-0.3, -0.25) is 0 Å². The Labute approximate surface area is 164 Å². The summed E-state index contributed by atoms with van der Waals surface area (Å²) in [5.74, 6) is 1.27. The molecule has 0 amide bonds. The van der Waals surface area contributed by atoms with Crippen LogP contribution in [-0.4, -0.2) is 39.3 Å². The standard InChI is InChI=1S/C18H19ClF3N3O3/c1-11-14(17(26)27-2)8-13(28-11)10-24-3-5-25(6-4-24)16-15(19)7-12(9-23-16)18(20,21)22/h7-9H,3-6,10H2,1-2H3/p+2. The molecule has 0 atom stereocenters. The van der Waals surface area contributed by atoms with E-state index in [1.54, 1.807) is 13.0 Å². The highest BCUT2D eigenvalue weighted by Crippen LogP contribution is 2.32. The summed E-state index contributed by atoms with van der Waals surface area (Å²) >= 11 is 6.06. The Bertz CT molecular complexity index is 861. The molecule has 0 spiro atoms. The number of furan rings is 1. The summed E-state index contributed by atoms with van der Waals surface area (Å²) in [7, 11) is 1.32. The van der Waals surface area contributed by atoms with E-state index in [0.717, 1.165) is 25.4 Å². The summed E-state index contributed by atoms with van der Waals surface area (Å²) in [6.07, 6.45) is -3.51. The zero-order chi connectivity index (χ0) is 20.5. The number of alkyl halides is 3. The number of esters is 1. The number of carbonyl (C=O) groups is 1. The first-order valence-corrected chi connectivity index (χ1v) is 9.11. The number of quaternary nitrogens is 1. The van der Waals surface area contributed by atoms with E-state index in [-0.39, 0.29) is 5.02 Å². The van der Waals surface area contributed by atoms with Gasteiger partial charge >= 0.3 is 12.1 Å². The number of nitrogens with zero attached hydrogens (tertiary/aromatic N) is 1. The van der Waals surface area contributed by atoms with Crippen molar-refractivity contribution in [1.82, 2.24) is 0 Å². The molecule has 28 heavy (non-hydrogen) atoms. The molecule has 2 aromatic heterocycles. The number of aromatic nitrogens is 1. The van der Waals surface area contributed by atoms with Crippen LogP contribution in [0.2, 0.25) is 5.02 Å². The van der Waals surface area contributed by atoms with Crippen LogP contribution in [0.4, 0.5) is 19.0 Å². The average Bonchev–Trinajstić information content (AvgIpc) is 3.01. The summed E-state index contributed by atoms with van der Waals surface area (Å²) in [6.45, 7) is 5.07. The first-order chi connectivity index (χ1) is 13.2. The van der Waals surface area contributed by atoms with Crippen molar-refractivity contribution < 1.29 is 37.0 Å². The lowest BCUT2D eigenvalue weighted by molar-refractivity contribution is -0.915. The monoisotopic (exact) mass is 419 g/mol. The molecule has 1 fully saturated rings. The van der Waals surface area contributed by atoms with Crippen molar-refractivity contribution in [3.05, 3.63) is 46.0 Å². The molecule has 3 rings (SSSR count). The van der Waals surface area contributed by atoms with Crippen LogP contribution in [0.3, 0.4) is 0 Å². The second-order valence-electron chi connectivity index (χ2n) is 6.67. The minimum absolute atomic E-state index is 0.0441. The van der Waals surface area contributed by atoms with Crippen molar-refractivity contribution in [2.45, 2.75) is 19.6 Å². The lowest BCUT2D eigenvalue weighted by Crippen LogP contribution is -3.13. The number of H-pyrrole nitrogens is 1. The average molecular weight is 420 g/mol. The molecule has 0 aromatic carbocycles. The fraction of sp³-hybridized carbons (Fsp3) is 0.444. The van der Waals surface area contributed by atoms with E-state index in [0.29, 0.717) is 42.5 Å². The number of hydrogen-bond donors (Lipinski definition) is 1. The molecule has 0 bridgehead atoms. The molecule has 0 unspecified atom stereocenters. The maximum absolute atomic E-state index is 12.8. The van der Waals surface area contributed by atoms with Crippen LogP contribution in [0.1, 0.15) is 27.4 Å². The van der Waals surface area contributed by atoms with Crippen molar-refractivity contribution in [3.63, 3.8) is 0 Å². The Kier molecular flexibility index (Phi) is 5.85. The molecule has 1 aliphatic heterocycles. The number of piperazine rings is 1. The van der Waals surface area contributed by atoms with Crippen LogP contribution < -0.4 is 14.8 Å². The van der Waals surface area contributed by atoms with Crippen molar-refractivity contribution in [2.75, 3.05) is 38.2 Å². The number of methoxy groups -OCH3 is 1. The van der Waals surface area contributed by atoms with Gasteiger partial charge in [-0.2, -0.15) is 13.2 Å². The maximum atomic E-state index is 12.8. The predicted octanol–water partition coefficient (Wildman–Crippen LogP) is 1.77. The summed E-state index contributed by atoms with van der Waals surface area (Å²) in [5, 5.41) is 0.0441. The van der Waals surface area contributed by atoms with Crippen LogP contribution in [0.15, 0.2) is 22.7 Å². The Morgan fingerprint density at radius 1 is 1.36 bits per heavy atom. The summed E-state index contributed by atoms with van der Waals surface area (Å²) in [6, 6.07) is 2.63. The SMILES string of the molecule is COC(=O)c1cc(C[NH+]2CCN(c3[nH+]cc(C(F)(F)F)cc3Cl)CC2)oc1C. The molecular formula is C18H21ClF3N3O3+2. The highest BCUT2D eigenvalue weighted by atomic mass is 35.5. The number of nitrogens with one attached hydrogen (secondary N) is 2. The second kappa shape index (κ2) is 8.00. The van der Waals surface area contributed by atoms with Crippen LogP contribution in [0.25, 0.3) is 0 Å². The molecule has 6 nitrogen and oxygen atoms in total. The Morgan fingerprint density at radius 3 is 2.61 bits per heavy atom. The zero-order valence-electron chi connectivity index (χ0n) is 15.5. The molecular weight excluding hydrogens is 399 g/mol. The number of aromatic amines is 1. The summed E-state index contributed by atoms with van der Waals surface area (Å²) in [4.78, 5) is 17.5. The molecule has 2 aromatic rings. The first kappa shape index (κ1) is 20.5. The van der Waals surface area contributed by atoms with Gasteiger partial charge in [0.15, 0.2) is 5.76 Å². The smallest absolute Gasteiger partial charge is 0.419 e. The number of carbonyl (C=O) groups excluding carboxylic acids is 1. The van der Waals surface area contributed by atoms with Crippen LogP contribution in [-0.2, 0) is 17.5 Å². The third-order valence-corrected chi connectivity index (χ3v) is 5.07. The van der Waals surface area contributed by atoms with Gasteiger partial charge in [0.2, 0.25) is 0 Å². The van der Waals surface area contributed by atoms with Crippen LogP contribution in [0.5, 0.6) is 0 Å². The van der Waals surface area contributed by atoms with Crippen molar-refractivity contribution >= 4 is 23.4 Å². The van der Waals surface area contributed by atoms with Gasteiger partial charge in [0.05, 0.1) is 12.7 Å². The molecule has 2 N–H and O–H groups in total. The number of pyridine rings is 1. The fourth-order valence-corrected chi connectivity index (χ4v) is 3.57. The van der Waals surface area contributed by atoms with Gasteiger partial charge in [-0.1, -0.05) is 11.6 Å². The Hall–Kier alpha value is -2.26. The van der Waals surface area contributed by atoms with Gasteiger partial charge in [0.1, 0.15) is 55.3 Å². The van der Waals surface area contributed by atoms with Crippen molar-refractivity contribution in [1.29, 1.82) is 0 Å². The van der Waals surface area contributed by atoms with Gasteiger partial charge in [-0.15, -0.1) is 0 Å². The third-order valence-electron chi connectivity index (χ3n) is 4.79. The van der Waals surface area contributed by atoms with Gasteiger partial charge in [-0.25, -0.2) is 14.7 Å². The lowest BCUT2D eigenvalue weighted by Gasteiger charge is -2.28. The van der Waals surface area contributed by atoms with Gasteiger partial charge in [0.25, 0.3) is 5.82 Å². The molecule has 152 valence electrons. The molecule has 0 radical (unpaired) electrons. The fourth-order valence-electron chi connectivity index (χ4n) is 3.28. The topological polar surface area (TPSA) is 61.3 Å². The lowest BCUT2D eigenvalue weighted by atomic mass is 10.2. The number of halogens is 4. The van der Waals surface area contributed by atoms with E-state index in [1.165, 1.54) is 12.0 Å². The maximum Gasteiger partial charge on any atom is 0.419 e. The Morgan fingerprint density at radius 2 is 2.04 bits per heavy atom. The third kappa shape index (κ3) is 4.41. The molecule has 1 aliphatic rings. The minimum Gasteiger partial charge on any atom is -0.465 e.